The van der Waals surface area contributed by atoms with Crippen molar-refractivity contribution in [3.05, 3.63) is 29.6 Å². The van der Waals surface area contributed by atoms with E-state index in [-0.39, 0.29) is 17.8 Å². The molecule has 1 heterocycles. The number of benzene rings is 1. The number of amides is 1. The third kappa shape index (κ3) is 3.05. The molecule has 0 saturated heterocycles. The molecular weight excluding hydrogens is 249 g/mol. The number of unbranched alkanes of at least 4 members (excludes halogenated alkanes) is 1. The van der Waals surface area contributed by atoms with Crippen LogP contribution in [0.3, 0.4) is 0 Å². The molecule has 4 heteroatoms. The van der Waals surface area contributed by atoms with Gasteiger partial charge >= 0.3 is 0 Å². The summed E-state index contributed by atoms with van der Waals surface area (Å²) in [4.78, 5) is 12.5. The summed E-state index contributed by atoms with van der Waals surface area (Å²) in [5, 5.41) is 3.02. The van der Waals surface area contributed by atoms with E-state index in [2.05, 4.69) is 12.2 Å². The molecule has 1 atom stereocenters. The van der Waals surface area contributed by atoms with Crippen molar-refractivity contribution in [1.29, 1.82) is 0 Å². The van der Waals surface area contributed by atoms with Gasteiger partial charge in [-0.2, -0.15) is 0 Å². The van der Waals surface area contributed by atoms with Crippen LogP contribution in [0, 0.1) is 5.82 Å². The lowest BCUT2D eigenvalue weighted by atomic mass is 10.0. The minimum atomic E-state index is -0.176. The van der Waals surface area contributed by atoms with Crippen molar-refractivity contribution < 1.29 is 9.18 Å². The Morgan fingerprint density at radius 1 is 1.56 bits per heavy atom. The molecule has 1 aliphatic rings. The lowest BCUT2D eigenvalue weighted by Gasteiger charge is -2.26. The minimum absolute atomic E-state index is 0.0266. The third-order valence-corrected chi connectivity index (χ3v) is 4.28. The molecule has 18 heavy (non-hydrogen) atoms. The van der Waals surface area contributed by atoms with E-state index in [1.165, 1.54) is 17.8 Å². The number of thioether (sulfide) groups is 1. The first-order chi connectivity index (χ1) is 8.72. The fourth-order valence-corrected chi connectivity index (χ4v) is 3.28. The van der Waals surface area contributed by atoms with Gasteiger partial charge in [0.25, 0.3) is 0 Å². The van der Waals surface area contributed by atoms with Gasteiger partial charge in [0, 0.05) is 17.1 Å². The number of carbonyl (C=O) groups excluding carboxylic acids is 1. The normalized spacial score (nSPS) is 18.2. The van der Waals surface area contributed by atoms with E-state index in [1.807, 2.05) is 6.07 Å². The fourth-order valence-electron chi connectivity index (χ4n) is 2.14. The molecule has 0 aromatic heterocycles. The zero-order valence-corrected chi connectivity index (χ0v) is 11.4. The van der Waals surface area contributed by atoms with Crippen LogP contribution < -0.4 is 5.32 Å². The Morgan fingerprint density at radius 2 is 2.39 bits per heavy atom. The van der Waals surface area contributed by atoms with Gasteiger partial charge in [0.1, 0.15) is 5.82 Å². The number of nitrogens with one attached hydrogen (secondary N) is 1. The van der Waals surface area contributed by atoms with Crippen LogP contribution in [0.2, 0.25) is 0 Å². The lowest BCUT2D eigenvalue weighted by molar-refractivity contribution is -0.122. The van der Waals surface area contributed by atoms with Gasteiger partial charge in [0.15, 0.2) is 0 Å². The molecule has 0 spiro atoms. The van der Waals surface area contributed by atoms with Crippen LogP contribution >= 0.6 is 11.8 Å². The molecular formula is C14H18FNOS. The van der Waals surface area contributed by atoms with E-state index in [4.69, 9.17) is 0 Å². The van der Waals surface area contributed by atoms with Crippen molar-refractivity contribution in [3.8, 4) is 0 Å². The second-order valence-corrected chi connectivity index (χ2v) is 5.62. The van der Waals surface area contributed by atoms with Gasteiger partial charge in [-0.05, 0) is 24.5 Å². The molecule has 2 nitrogen and oxygen atoms in total. The molecule has 0 saturated carbocycles. The van der Waals surface area contributed by atoms with Crippen LogP contribution in [-0.2, 0) is 4.79 Å². The highest BCUT2D eigenvalue weighted by molar-refractivity contribution is 7.99. The lowest BCUT2D eigenvalue weighted by Crippen LogP contribution is -2.30. The quantitative estimate of drug-likeness (QED) is 0.902. The predicted octanol–water partition coefficient (Wildman–Crippen LogP) is 3.67. The smallest absolute Gasteiger partial charge is 0.220 e. The van der Waals surface area contributed by atoms with Gasteiger partial charge < -0.3 is 5.32 Å². The summed E-state index contributed by atoms with van der Waals surface area (Å²) in [6.45, 7) is 2.06. The highest BCUT2D eigenvalue weighted by Gasteiger charge is 2.24. The van der Waals surface area contributed by atoms with E-state index >= 15 is 0 Å². The maximum Gasteiger partial charge on any atom is 0.220 e. The Hall–Kier alpha value is -1.03. The predicted molar refractivity (Wildman–Crippen MR) is 72.1 cm³/mol. The molecule has 0 fully saturated rings. The molecule has 1 N–H and O–H groups in total. The molecule has 0 radical (unpaired) electrons. The van der Waals surface area contributed by atoms with Gasteiger partial charge in [-0.3, -0.25) is 4.79 Å². The number of hydrogen-bond donors (Lipinski definition) is 1. The zero-order chi connectivity index (χ0) is 13.0. The molecule has 0 aliphatic carbocycles. The first-order valence-electron chi connectivity index (χ1n) is 6.43. The van der Waals surface area contributed by atoms with Gasteiger partial charge in [0.2, 0.25) is 5.91 Å². The second kappa shape index (κ2) is 6.23. The topological polar surface area (TPSA) is 29.1 Å². The maximum absolute atomic E-state index is 13.7. The summed E-state index contributed by atoms with van der Waals surface area (Å²) in [5.74, 6) is 0.751. The zero-order valence-electron chi connectivity index (χ0n) is 10.5. The average molecular weight is 267 g/mol. The van der Waals surface area contributed by atoms with E-state index in [0.29, 0.717) is 11.3 Å². The van der Waals surface area contributed by atoms with Crippen LogP contribution in [0.1, 0.15) is 44.2 Å². The first-order valence-corrected chi connectivity index (χ1v) is 7.41. The maximum atomic E-state index is 13.7. The Bertz CT molecular complexity index is 436. The molecule has 98 valence electrons. The SMILES string of the molecule is CCCCC(=O)NC1CCSc2c(F)cccc21. The summed E-state index contributed by atoms with van der Waals surface area (Å²) < 4.78 is 13.7. The number of halogens is 1. The Kier molecular flexibility index (Phi) is 4.64. The Balaban J connectivity index is 2.08. The second-order valence-electron chi connectivity index (χ2n) is 4.52. The molecule has 1 aliphatic heterocycles. The van der Waals surface area contributed by atoms with Crippen LogP contribution in [0.5, 0.6) is 0 Å². The van der Waals surface area contributed by atoms with Crippen molar-refractivity contribution in [2.75, 3.05) is 5.75 Å². The van der Waals surface area contributed by atoms with Crippen molar-refractivity contribution in [1.82, 2.24) is 5.32 Å². The highest BCUT2D eigenvalue weighted by atomic mass is 32.2. The van der Waals surface area contributed by atoms with Gasteiger partial charge in [-0.15, -0.1) is 11.8 Å². The van der Waals surface area contributed by atoms with E-state index in [0.717, 1.165) is 30.6 Å². The van der Waals surface area contributed by atoms with Crippen molar-refractivity contribution in [2.45, 2.75) is 43.5 Å². The molecule has 1 aromatic rings. The summed E-state index contributed by atoms with van der Waals surface area (Å²) in [5.41, 5.74) is 0.927. The standard InChI is InChI=1S/C14H18FNOS/c1-2-3-7-13(17)16-12-8-9-18-14-10(12)5-4-6-11(14)15/h4-6,12H,2-3,7-9H2,1H3,(H,16,17). The van der Waals surface area contributed by atoms with Crippen molar-refractivity contribution in [3.63, 3.8) is 0 Å². The molecule has 1 aromatic carbocycles. The van der Waals surface area contributed by atoms with E-state index in [1.54, 1.807) is 6.07 Å². The number of carbonyl (C=O) groups is 1. The Morgan fingerprint density at radius 3 is 3.17 bits per heavy atom. The molecule has 1 unspecified atom stereocenters. The van der Waals surface area contributed by atoms with Crippen LogP contribution in [-0.4, -0.2) is 11.7 Å². The number of hydrogen-bond acceptors (Lipinski definition) is 2. The van der Waals surface area contributed by atoms with Crippen molar-refractivity contribution in [2.24, 2.45) is 0 Å². The van der Waals surface area contributed by atoms with Crippen LogP contribution in [0.4, 0.5) is 4.39 Å². The third-order valence-electron chi connectivity index (χ3n) is 3.12. The highest BCUT2D eigenvalue weighted by Crippen LogP contribution is 2.37. The summed E-state index contributed by atoms with van der Waals surface area (Å²) in [6, 6.07) is 5.08. The molecule has 1 amide bonds. The monoisotopic (exact) mass is 267 g/mol. The van der Waals surface area contributed by atoms with Crippen molar-refractivity contribution >= 4 is 17.7 Å². The molecule has 0 bridgehead atoms. The Labute approximate surface area is 111 Å². The fraction of sp³-hybridized carbons (Fsp3) is 0.500. The van der Waals surface area contributed by atoms with Gasteiger partial charge in [-0.1, -0.05) is 25.5 Å². The number of fused-ring (bicyclic) bond motifs is 1. The van der Waals surface area contributed by atoms with Crippen LogP contribution in [0.25, 0.3) is 0 Å². The minimum Gasteiger partial charge on any atom is -0.349 e. The first kappa shape index (κ1) is 13.4. The largest absolute Gasteiger partial charge is 0.349 e. The van der Waals surface area contributed by atoms with E-state index in [9.17, 15) is 9.18 Å². The van der Waals surface area contributed by atoms with Crippen LogP contribution in [0.15, 0.2) is 23.1 Å². The average Bonchev–Trinajstić information content (AvgIpc) is 2.38. The van der Waals surface area contributed by atoms with Gasteiger partial charge in [0.05, 0.1) is 6.04 Å². The summed E-state index contributed by atoms with van der Waals surface area (Å²) >= 11 is 1.54. The van der Waals surface area contributed by atoms with Gasteiger partial charge in [-0.25, -0.2) is 4.39 Å². The number of rotatable bonds is 4. The van der Waals surface area contributed by atoms with E-state index < -0.39 is 0 Å². The summed E-state index contributed by atoms with van der Waals surface area (Å²) in [6.07, 6.45) is 3.35. The molecule has 2 rings (SSSR count). The summed E-state index contributed by atoms with van der Waals surface area (Å²) in [7, 11) is 0.